The molecule has 2 N–H and O–H groups in total. The van der Waals surface area contributed by atoms with E-state index in [2.05, 4.69) is 5.32 Å². The third-order valence-corrected chi connectivity index (χ3v) is 5.53. The van der Waals surface area contributed by atoms with Crippen molar-refractivity contribution in [3.63, 3.8) is 0 Å². The molecule has 30 heavy (non-hydrogen) atoms. The molecule has 0 saturated carbocycles. The van der Waals surface area contributed by atoms with Gasteiger partial charge in [-0.25, -0.2) is 9.18 Å². The summed E-state index contributed by atoms with van der Waals surface area (Å²) in [4.78, 5) is 12.3. The van der Waals surface area contributed by atoms with Crippen LogP contribution in [0.2, 0.25) is 0 Å². The van der Waals surface area contributed by atoms with Gasteiger partial charge in [-0.3, -0.25) is 0 Å². The molecule has 0 aliphatic carbocycles. The van der Waals surface area contributed by atoms with Crippen LogP contribution in [0.15, 0.2) is 42.5 Å². The number of aromatic carboxylic acids is 1. The number of fused-ring (bicyclic) bond motifs is 1. The molecular formula is C23H25FN2O4. The molecule has 0 bridgehead atoms. The molecule has 0 radical (unpaired) electrons. The van der Waals surface area contributed by atoms with Crippen LogP contribution in [0, 0.1) is 5.82 Å². The van der Waals surface area contributed by atoms with Crippen molar-refractivity contribution >= 4 is 16.9 Å². The molecule has 1 fully saturated rings. The van der Waals surface area contributed by atoms with E-state index in [-0.39, 0.29) is 17.6 Å². The van der Waals surface area contributed by atoms with Gasteiger partial charge in [0.1, 0.15) is 17.3 Å². The number of carboxylic acids is 1. The summed E-state index contributed by atoms with van der Waals surface area (Å²) in [6.07, 6.45) is 2.25. The molecule has 2 heterocycles. The minimum atomic E-state index is -0.999. The normalized spacial score (nSPS) is 16.3. The first-order chi connectivity index (χ1) is 14.6. The summed E-state index contributed by atoms with van der Waals surface area (Å²) in [6, 6.07) is 11.7. The van der Waals surface area contributed by atoms with Crippen LogP contribution < -0.4 is 10.1 Å². The lowest BCUT2D eigenvalue weighted by Gasteiger charge is -2.12. The topological polar surface area (TPSA) is 72.7 Å². The van der Waals surface area contributed by atoms with Crippen molar-refractivity contribution in [1.29, 1.82) is 0 Å². The maximum absolute atomic E-state index is 13.3. The zero-order valence-corrected chi connectivity index (χ0v) is 16.9. The third kappa shape index (κ3) is 4.17. The molecule has 4 rings (SSSR count). The van der Waals surface area contributed by atoms with E-state index in [1.165, 1.54) is 12.1 Å². The van der Waals surface area contributed by atoms with Gasteiger partial charge in [0.25, 0.3) is 0 Å². The van der Waals surface area contributed by atoms with Crippen molar-refractivity contribution in [2.75, 3.05) is 20.3 Å². The number of hydrogen-bond acceptors (Lipinski definition) is 4. The summed E-state index contributed by atoms with van der Waals surface area (Å²) in [7, 11) is 1.58. The summed E-state index contributed by atoms with van der Waals surface area (Å²) in [5.74, 6) is -0.674. The lowest BCUT2D eigenvalue weighted by atomic mass is 10.1. The van der Waals surface area contributed by atoms with Crippen LogP contribution in [0.4, 0.5) is 4.39 Å². The van der Waals surface area contributed by atoms with Crippen LogP contribution in [-0.4, -0.2) is 42.0 Å². The van der Waals surface area contributed by atoms with E-state index >= 15 is 0 Å². The van der Waals surface area contributed by atoms with Crippen molar-refractivity contribution in [3.8, 4) is 5.75 Å². The van der Waals surface area contributed by atoms with Crippen LogP contribution in [0.5, 0.6) is 5.75 Å². The van der Waals surface area contributed by atoms with Gasteiger partial charge in [0.15, 0.2) is 0 Å². The average molecular weight is 412 g/mol. The SMILES string of the molecule is COc1ccc2c(CNC[C@@H]3CCCO3)c(C(=O)O)n(Cc3ccc(F)cc3)c2c1. The summed E-state index contributed by atoms with van der Waals surface area (Å²) < 4.78 is 26.1. The second kappa shape index (κ2) is 8.85. The highest BCUT2D eigenvalue weighted by atomic mass is 19.1. The van der Waals surface area contributed by atoms with Crippen LogP contribution >= 0.6 is 0 Å². The fraction of sp³-hybridized carbons (Fsp3) is 0.348. The molecule has 3 aromatic rings. The van der Waals surface area contributed by atoms with Crippen LogP contribution in [0.25, 0.3) is 10.9 Å². The smallest absolute Gasteiger partial charge is 0.352 e. The van der Waals surface area contributed by atoms with Crippen LogP contribution in [0.3, 0.4) is 0 Å². The maximum atomic E-state index is 13.3. The van der Waals surface area contributed by atoms with E-state index in [1.807, 2.05) is 18.2 Å². The zero-order chi connectivity index (χ0) is 21.1. The van der Waals surface area contributed by atoms with E-state index in [0.717, 1.165) is 41.5 Å². The molecule has 6 nitrogen and oxygen atoms in total. The Morgan fingerprint density at radius 1 is 1.30 bits per heavy atom. The molecule has 1 aromatic heterocycles. The molecule has 0 unspecified atom stereocenters. The van der Waals surface area contributed by atoms with E-state index in [4.69, 9.17) is 9.47 Å². The Morgan fingerprint density at radius 3 is 2.77 bits per heavy atom. The van der Waals surface area contributed by atoms with E-state index in [0.29, 0.717) is 25.4 Å². The Bertz CT molecular complexity index is 1040. The van der Waals surface area contributed by atoms with E-state index < -0.39 is 5.97 Å². The molecule has 0 spiro atoms. The van der Waals surface area contributed by atoms with Gasteiger partial charge < -0.3 is 24.5 Å². The quantitative estimate of drug-likeness (QED) is 0.589. The summed E-state index contributed by atoms with van der Waals surface area (Å²) in [6.45, 7) is 2.20. The molecule has 1 aliphatic rings. The van der Waals surface area contributed by atoms with Gasteiger partial charge in [0.05, 0.1) is 18.7 Å². The molecule has 1 saturated heterocycles. The second-order valence-electron chi connectivity index (χ2n) is 7.49. The van der Waals surface area contributed by atoms with Crippen molar-refractivity contribution in [3.05, 3.63) is 65.1 Å². The van der Waals surface area contributed by atoms with E-state index in [1.54, 1.807) is 23.8 Å². The molecule has 158 valence electrons. The molecule has 2 aromatic carbocycles. The Balaban J connectivity index is 1.73. The Hall–Kier alpha value is -2.90. The number of aromatic nitrogens is 1. The first-order valence-corrected chi connectivity index (χ1v) is 10.1. The number of nitrogens with zero attached hydrogens (tertiary/aromatic N) is 1. The highest BCUT2D eigenvalue weighted by Crippen LogP contribution is 2.31. The highest BCUT2D eigenvalue weighted by molar-refractivity contribution is 5.98. The van der Waals surface area contributed by atoms with Crippen LogP contribution in [-0.2, 0) is 17.8 Å². The number of carboxylic acid groups (broad SMARTS) is 1. The number of rotatable bonds is 8. The van der Waals surface area contributed by atoms with Crippen molar-refractivity contribution in [2.45, 2.75) is 32.0 Å². The van der Waals surface area contributed by atoms with Crippen molar-refractivity contribution in [1.82, 2.24) is 9.88 Å². The largest absolute Gasteiger partial charge is 0.497 e. The first kappa shape index (κ1) is 20.4. The number of ether oxygens (including phenoxy) is 2. The number of methoxy groups -OCH3 is 1. The summed E-state index contributed by atoms with van der Waals surface area (Å²) >= 11 is 0. The molecule has 7 heteroatoms. The maximum Gasteiger partial charge on any atom is 0.352 e. The standard InChI is InChI=1S/C23H25FN2O4/c1-29-17-8-9-19-20(13-25-12-18-3-2-10-30-18)22(23(27)28)26(21(19)11-17)14-15-4-6-16(24)7-5-15/h4-9,11,18,25H,2-3,10,12-14H2,1H3,(H,27,28)/t18-/m0/s1. The van der Waals surface area contributed by atoms with Crippen LogP contribution in [0.1, 0.15) is 34.5 Å². The van der Waals surface area contributed by atoms with Gasteiger partial charge in [-0.05, 0) is 42.7 Å². The Labute approximate surface area is 174 Å². The predicted octanol–water partition coefficient (Wildman–Crippen LogP) is 3.80. The van der Waals surface area contributed by atoms with Crippen molar-refractivity contribution < 1.29 is 23.8 Å². The molecule has 1 atom stereocenters. The van der Waals surface area contributed by atoms with Gasteiger partial charge in [0.2, 0.25) is 0 Å². The minimum Gasteiger partial charge on any atom is -0.497 e. The second-order valence-corrected chi connectivity index (χ2v) is 7.49. The average Bonchev–Trinajstić information content (AvgIpc) is 3.36. The minimum absolute atomic E-state index is 0.172. The lowest BCUT2D eigenvalue weighted by Crippen LogP contribution is -2.26. The predicted molar refractivity (Wildman–Crippen MR) is 112 cm³/mol. The number of halogens is 1. The summed E-state index contributed by atoms with van der Waals surface area (Å²) in [5, 5.41) is 14.3. The highest BCUT2D eigenvalue weighted by Gasteiger charge is 2.23. The van der Waals surface area contributed by atoms with Gasteiger partial charge in [-0.15, -0.1) is 0 Å². The summed E-state index contributed by atoms with van der Waals surface area (Å²) in [5.41, 5.74) is 2.53. The Kier molecular flexibility index (Phi) is 6.01. The number of nitrogens with one attached hydrogen (secondary N) is 1. The van der Waals surface area contributed by atoms with Crippen molar-refractivity contribution in [2.24, 2.45) is 0 Å². The zero-order valence-electron chi connectivity index (χ0n) is 16.9. The molecule has 0 amide bonds. The van der Waals surface area contributed by atoms with E-state index in [9.17, 15) is 14.3 Å². The Morgan fingerprint density at radius 2 is 2.10 bits per heavy atom. The molecular weight excluding hydrogens is 387 g/mol. The third-order valence-electron chi connectivity index (χ3n) is 5.53. The lowest BCUT2D eigenvalue weighted by molar-refractivity contribution is 0.0684. The number of benzene rings is 2. The monoisotopic (exact) mass is 412 g/mol. The fourth-order valence-electron chi connectivity index (χ4n) is 4.05. The van der Waals surface area contributed by atoms with Gasteiger partial charge in [-0.1, -0.05) is 12.1 Å². The number of hydrogen-bond donors (Lipinski definition) is 2. The van der Waals surface area contributed by atoms with Gasteiger partial charge in [-0.2, -0.15) is 0 Å². The fourth-order valence-corrected chi connectivity index (χ4v) is 4.05. The molecule has 1 aliphatic heterocycles. The van der Waals surface area contributed by atoms with Gasteiger partial charge >= 0.3 is 5.97 Å². The van der Waals surface area contributed by atoms with Gasteiger partial charge in [0, 0.05) is 43.3 Å². The number of carbonyl (C=O) groups is 1. The first-order valence-electron chi connectivity index (χ1n) is 10.1.